The molecule has 1 aliphatic heterocycles. The van der Waals surface area contributed by atoms with Crippen LogP contribution in [0.5, 0.6) is 0 Å². The van der Waals surface area contributed by atoms with Crippen molar-refractivity contribution in [3.05, 3.63) is 29.8 Å². The van der Waals surface area contributed by atoms with Crippen molar-refractivity contribution in [2.75, 3.05) is 13.1 Å². The summed E-state index contributed by atoms with van der Waals surface area (Å²) in [6, 6.07) is 7.09. The van der Waals surface area contributed by atoms with Gasteiger partial charge in [0.25, 0.3) is 0 Å². The van der Waals surface area contributed by atoms with E-state index in [1.54, 1.807) is 22.5 Å². The Kier molecular flexibility index (Phi) is 5.18. The van der Waals surface area contributed by atoms with Crippen LogP contribution in [-0.4, -0.2) is 31.9 Å². The maximum Gasteiger partial charge on any atom is 0.243 e. The summed E-state index contributed by atoms with van der Waals surface area (Å²) in [5.41, 5.74) is 0.900. The summed E-state index contributed by atoms with van der Waals surface area (Å²) in [5.74, 6) is 0. The van der Waals surface area contributed by atoms with E-state index in [1.807, 2.05) is 19.9 Å². The average Bonchev–Trinajstić information content (AvgIpc) is 2.46. The molecule has 1 saturated heterocycles. The maximum atomic E-state index is 12.6. The van der Waals surface area contributed by atoms with Crippen LogP contribution in [0.15, 0.2) is 29.2 Å². The molecule has 0 aromatic heterocycles. The molecule has 0 aliphatic carbocycles. The van der Waals surface area contributed by atoms with Crippen LogP contribution in [0.3, 0.4) is 0 Å². The van der Waals surface area contributed by atoms with Crippen LogP contribution in [-0.2, 0) is 21.4 Å². The van der Waals surface area contributed by atoms with Crippen molar-refractivity contribution in [2.24, 2.45) is 0 Å². The Hall–Kier alpha value is -0.910. The fraction of sp³-hybridized carbons (Fsp3) is 0.600. The van der Waals surface area contributed by atoms with Crippen LogP contribution in [0.1, 0.15) is 38.7 Å². The topological polar surface area (TPSA) is 46.6 Å². The van der Waals surface area contributed by atoms with Gasteiger partial charge in [-0.05, 0) is 44.4 Å². The van der Waals surface area contributed by atoms with Crippen LogP contribution in [0, 0.1) is 0 Å². The lowest BCUT2D eigenvalue weighted by atomic mass is 10.2. The molecule has 1 aromatic rings. The second kappa shape index (κ2) is 6.70. The zero-order valence-corrected chi connectivity index (χ0v) is 13.0. The molecule has 1 fully saturated rings. The number of rotatable bonds is 5. The van der Waals surface area contributed by atoms with Crippen molar-refractivity contribution in [2.45, 2.75) is 50.7 Å². The summed E-state index contributed by atoms with van der Waals surface area (Å²) < 4.78 is 32.3. The van der Waals surface area contributed by atoms with E-state index in [0.717, 1.165) is 24.8 Å². The standard InChI is InChI=1S/C15H23NO3S/c1-13(2)19-12-14-7-6-8-15(11-14)20(17,18)16-9-4-3-5-10-16/h6-8,11,13H,3-5,9-10,12H2,1-2H3. The minimum absolute atomic E-state index is 0.136. The Balaban J connectivity index is 2.16. The summed E-state index contributed by atoms with van der Waals surface area (Å²) in [6.07, 6.45) is 3.16. The second-order valence-corrected chi connectivity index (χ2v) is 7.41. The van der Waals surface area contributed by atoms with Gasteiger partial charge in [0.15, 0.2) is 0 Å². The van der Waals surface area contributed by atoms with Crippen molar-refractivity contribution in [1.29, 1.82) is 0 Å². The smallest absolute Gasteiger partial charge is 0.243 e. The Morgan fingerprint density at radius 2 is 1.90 bits per heavy atom. The highest BCUT2D eigenvalue weighted by Crippen LogP contribution is 2.21. The van der Waals surface area contributed by atoms with Gasteiger partial charge in [0.05, 0.1) is 17.6 Å². The van der Waals surface area contributed by atoms with Gasteiger partial charge in [0, 0.05) is 13.1 Å². The Bertz CT molecular complexity index is 534. The third kappa shape index (κ3) is 3.81. The van der Waals surface area contributed by atoms with E-state index in [-0.39, 0.29) is 6.10 Å². The van der Waals surface area contributed by atoms with Crippen LogP contribution in [0.25, 0.3) is 0 Å². The summed E-state index contributed by atoms with van der Waals surface area (Å²) in [6.45, 7) is 5.65. The van der Waals surface area contributed by atoms with Gasteiger partial charge in [-0.2, -0.15) is 4.31 Å². The first-order chi connectivity index (χ1) is 9.50. The maximum absolute atomic E-state index is 12.6. The molecule has 0 spiro atoms. The molecular formula is C15H23NO3S. The van der Waals surface area contributed by atoms with E-state index in [9.17, 15) is 8.42 Å². The quantitative estimate of drug-likeness (QED) is 0.839. The molecule has 0 atom stereocenters. The molecule has 0 saturated carbocycles. The monoisotopic (exact) mass is 297 g/mol. The van der Waals surface area contributed by atoms with E-state index in [2.05, 4.69) is 0 Å². The lowest BCUT2D eigenvalue weighted by Gasteiger charge is -2.26. The van der Waals surface area contributed by atoms with E-state index >= 15 is 0 Å². The number of sulfonamides is 1. The van der Waals surface area contributed by atoms with Crippen LogP contribution in [0.2, 0.25) is 0 Å². The van der Waals surface area contributed by atoms with E-state index in [4.69, 9.17) is 4.74 Å². The number of ether oxygens (including phenoxy) is 1. The molecule has 5 heteroatoms. The molecule has 0 amide bonds. The minimum Gasteiger partial charge on any atom is -0.374 e. The van der Waals surface area contributed by atoms with E-state index in [0.29, 0.717) is 24.6 Å². The van der Waals surface area contributed by atoms with Crippen LogP contribution < -0.4 is 0 Å². The van der Waals surface area contributed by atoms with E-state index in [1.165, 1.54) is 0 Å². The molecule has 20 heavy (non-hydrogen) atoms. The summed E-state index contributed by atoms with van der Waals surface area (Å²) in [5, 5.41) is 0. The fourth-order valence-electron chi connectivity index (χ4n) is 2.31. The predicted molar refractivity (Wildman–Crippen MR) is 79.0 cm³/mol. The molecule has 1 aliphatic rings. The first-order valence-corrected chi connectivity index (χ1v) is 8.65. The van der Waals surface area contributed by atoms with Gasteiger partial charge >= 0.3 is 0 Å². The second-order valence-electron chi connectivity index (χ2n) is 5.47. The lowest BCUT2D eigenvalue weighted by Crippen LogP contribution is -2.35. The number of piperidine rings is 1. The molecule has 0 N–H and O–H groups in total. The number of nitrogens with zero attached hydrogens (tertiary/aromatic N) is 1. The molecular weight excluding hydrogens is 274 g/mol. The zero-order chi connectivity index (χ0) is 14.6. The predicted octanol–water partition coefficient (Wildman–Crippen LogP) is 2.79. The number of hydrogen-bond acceptors (Lipinski definition) is 3. The van der Waals surface area contributed by atoms with Crippen molar-refractivity contribution >= 4 is 10.0 Å². The zero-order valence-electron chi connectivity index (χ0n) is 12.2. The Morgan fingerprint density at radius 1 is 1.20 bits per heavy atom. The highest BCUT2D eigenvalue weighted by Gasteiger charge is 2.25. The van der Waals surface area contributed by atoms with Gasteiger partial charge in [-0.25, -0.2) is 8.42 Å². The number of hydrogen-bond donors (Lipinski definition) is 0. The van der Waals surface area contributed by atoms with Crippen molar-refractivity contribution in [3.8, 4) is 0 Å². The Labute approximate surface area is 121 Å². The molecule has 4 nitrogen and oxygen atoms in total. The lowest BCUT2D eigenvalue weighted by molar-refractivity contribution is 0.0656. The summed E-state index contributed by atoms with van der Waals surface area (Å²) >= 11 is 0. The van der Waals surface area contributed by atoms with Gasteiger partial charge in [-0.15, -0.1) is 0 Å². The van der Waals surface area contributed by atoms with Crippen molar-refractivity contribution in [1.82, 2.24) is 4.31 Å². The van der Waals surface area contributed by atoms with Gasteiger partial charge in [0.2, 0.25) is 10.0 Å². The molecule has 1 aromatic carbocycles. The molecule has 2 rings (SSSR count). The van der Waals surface area contributed by atoms with Crippen LogP contribution in [0.4, 0.5) is 0 Å². The van der Waals surface area contributed by atoms with Gasteiger partial charge in [-0.1, -0.05) is 18.6 Å². The molecule has 0 bridgehead atoms. The number of benzene rings is 1. The molecule has 1 heterocycles. The van der Waals surface area contributed by atoms with Gasteiger partial charge in [-0.3, -0.25) is 0 Å². The molecule has 0 unspecified atom stereocenters. The highest BCUT2D eigenvalue weighted by atomic mass is 32.2. The molecule has 112 valence electrons. The minimum atomic E-state index is -3.35. The Morgan fingerprint density at radius 3 is 2.55 bits per heavy atom. The highest BCUT2D eigenvalue weighted by molar-refractivity contribution is 7.89. The van der Waals surface area contributed by atoms with Crippen molar-refractivity contribution < 1.29 is 13.2 Å². The SMILES string of the molecule is CC(C)OCc1cccc(S(=O)(=O)N2CCCCC2)c1. The third-order valence-corrected chi connectivity index (χ3v) is 5.33. The van der Waals surface area contributed by atoms with Crippen molar-refractivity contribution in [3.63, 3.8) is 0 Å². The first-order valence-electron chi connectivity index (χ1n) is 7.21. The van der Waals surface area contributed by atoms with Gasteiger partial charge < -0.3 is 4.74 Å². The first kappa shape index (κ1) is 15.5. The normalized spacial score (nSPS) is 17.6. The fourth-order valence-corrected chi connectivity index (χ4v) is 3.90. The van der Waals surface area contributed by atoms with E-state index < -0.39 is 10.0 Å². The largest absolute Gasteiger partial charge is 0.374 e. The average molecular weight is 297 g/mol. The molecule has 0 radical (unpaired) electrons. The summed E-state index contributed by atoms with van der Waals surface area (Å²) in [7, 11) is -3.35. The summed E-state index contributed by atoms with van der Waals surface area (Å²) in [4.78, 5) is 0.379. The van der Waals surface area contributed by atoms with Crippen LogP contribution >= 0.6 is 0 Å². The van der Waals surface area contributed by atoms with Gasteiger partial charge in [0.1, 0.15) is 0 Å². The third-order valence-electron chi connectivity index (χ3n) is 3.43.